The number of hydrogen-bond acceptors (Lipinski definition) is 4. The van der Waals surface area contributed by atoms with Gasteiger partial charge in [0.25, 0.3) is 10.0 Å². The number of benzene rings is 1. The summed E-state index contributed by atoms with van der Waals surface area (Å²) in [4.78, 5) is 11.6. The van der Waals surface area contributed by atoms with Crippen LogP contribution in [-0.4, -0.2) is 25.0 Å². The Bertz CT molecular complexity index is 818. The van der Waals surface area contributed by atoms with Crippen LogP contribution in [0, 0.1) is 0 Å². The molecule has 1 aromatic carbocycles. The maximum Gasteiger partial charge on any atom is 0.325 e. The fourth-order valence-corrected chi connectivity index (χ4v) is 5.89. The van der Waals surface area contributed by atoms with Crippen LogP contribution in [0.3, 0.4) is 0 Å². The Labute approximate surface area is 140 Å². The zero-order valence-corrected chi connectivity index (χ0v) is 14.4. The van der Waals surface area contributed by atoms with E-state index in [1.807, 2.05) is 30.3 Å². The predicted octanol–water partition coefficient (Wildman–Crippen LogP) is 2.80. The van der Waals surface area contributed by atoms with E-state index in [4.69, 9.17) is 0 Å². The van der Waals surface area contributed by atoms with E-state index in [1.165, 1.54) is 6.07 Å². The molecule has 1 saturated carbocycles. The van der Waals surface area contributed by atoms with Crippen molar-refractivity contribution in [3.05, 3.63) is 51.8 Å². The van der Waals surface area contributed by atoms with Crippen LogP contribution in [0.1, 0.15) is 17.9 Å². The van der Waals surface area contributed by atoms with Crippen molar-refractivity contribution in [2.24, 2.45) is 0 Å². The number of nitrogens with one attached hydrogen (secondary N) is 1. The summed E-state index contributed by atoms with van der Waals surface area (Å²) < 4.78 is 27.9. The maximum atomic E-state index is 12.4. The number of aliphatic carboxylic acids is 1. The molecular weight excluding hydrogens is 390 g/mol. The summed E-state index contributed by atoms with van der Waals surface area (Å²) in [6.07, 6.45) is 0.248. The van der Waals surface area contributed by atoms with Gasteiger partial charge in [-0.1, -0.05) is 30.3 Å². The second kappa shape index (κ2) is 5.45. The third kappa shape index (κ3) is 2.71. The van der Waals surface area contributed by atoms with Gasteiger partial charge < -0.3 is 5.11 Å². The first kappa shape index (κ1) is 15.7. The van der Waals surface area contributed by atoms with Crippen LogP contribution in [0.25, 0.3) is 0 Å². The second-order valence-corrected chi connectivity index (χ2v) is 9.48. The van der Waals surface area contributed by atoms with E-state index in [-0.39, 0.29) is 16.5 Å². The molecule has 3 rings (SSSR count). The fraction of sp³-hybridized carbons (Fsp3) is 0.214. The number of carbonyl (C=O) groups is 1. The Balaban J connectivity index is 1.90. The highest BCUT2D eigenvalue weighted by molar-refractivity contribution is 9.11. The van der Waals surface area contributed by atoms with Gasteiger partial charge in [-0.15, -0.1) is 11.3 Å². The highest BCUT2D eigenvalue weighted by atomic mass is 79.9. The molecule has 116 valence electrons. The van der Waals surface area contributed by atoms with Crippen LogP contribution in [0.15, 0.2) is 50.5 Å². The first-order valence-corrected chi connectivity index (χ1v) is 9.52. The standard InChI is InChI=1S/C14H12BrNO4S2/c15-11-6-7-12(21-11)22(19,20)16-14(13(17)18)8-10(14)9-4-2-1-3-5-9/h1-7,10,16H,8H2,(H,17,18). The van der Waals surface area contributed by atoms with Crippen molar-refractivity contribution in [3.8, 4) is 0 Å². The van der Waals surface area contributed by atoms with E-state index >= 15 is 0 Å². The Morgan fingerprint density at radius 3 is 2.50 bits per heavy atom. The molecule has 2 unspecified atom stereocenters. The van der Waals surface area contributed by atoms with E-state index in [0.717, 1.165) is 16.9 Å². The van der Waals surface area contributed by atoms with E-state index in [1.54, 1.807) is 6.07 Å². The van der Waals surface area contributed by atoms with Gasteiger partial charge in [-0.25, -0.2) is 8.42 Å². The first-order chi connectivity index (χ1) is 10.3. The monoisotopic (exact) mass is 401 g/mol. The molecule has 0 radical (unpaired) electrons. The van der Waals surface area contributed by atoms with Gasteiger partial charge >= 0.3 is 5.97 Å². The van der Waals surface area contributed by atoms with Gasteiger partial charge in [0.2, 0.25) is 0 Å². The topological polar surface area (TPSA) is 83.5 Å². The average Bonchev–Trinajstić information content (AvgIpc) is 3.02. The van der Waals surface area contributed by atoms with Crippen LogP contribution in [0.2, 0.25) is 0 Å². The number of sulfonamides is 1. The number of halogens is 1. The van der Waals surface area contributed by atoms with Crippen molar-refractivity contribution >= 4 is 43.3 Å². The molecule has 1 aliphatic rings. The summed E-state index contributed by atoms with van der Waals surface area (Å²) in [5.41, 5.74) is -0.642. The molecule has 1 aliphatic carbocycles. The summed E-state index contributed by atoms with van der Waals surface area (Å²) in [5, 5.41) is 9.52. The minimum Gasteiger partial charge on any atom is -0.480 e. The summed E-state index contributed by atoms with van der Waals surface area (Å²) in [6, 6.07) is 12.1. The Hall–Kier alpha value is -1.22. The van der Waals surface area contributed by atoms with E-state index < -0.39 is 21.5 Å². The van der Waals surface area contributed by atoms with E-state index in [9.17, 15) is 18.3 Å². The average molecular weight is 402 g/mol. The minimum absolute atomic E-state index is 0.0960. The van der Waals surface area contributed by atoms with E-state index in [2.05, 4.69) is 20.7 Å². The van der Waals surface area contributed by atoms with Gasteiger partial charge in [-0.05, 0) is 40.0 Å². The summed E-state index contributed by atoms with van der Waals surface area (Å²) in [5.74, 6) is -1.51. The van der Waals surface area contributed by atoms with Crippen molar-refractivity contribution in [1.82, 2.24) is 4.72 Å². The van der Waals surface area contributed by atoms with Crippen molar-refractivity contribution in [1.29, 1.82) is 0 Å². The van der Waals surface area contributed by atoms with Gasteiger partial charge in [0, 0.05) is 5.92 Å². The van der Waals surface area contributed by atoms with Crippen molar-refractivity contribution in [3.63, 3.8) is 0 Å². The minimum atomic E-state index is -3.86. The van der Waals surface area contributed by atoms with Crippen LogP contribution in [0.5, 0.6) is 0 Å². The largest absolute Gasteiger partial charge is 0.480 e. The number of carboxylic acid groups (broad SMARTS) is 1. The van der Waals surface area contributed by atoms with Crippen molar-refractivity contribution in [2.75, 3.05) is 0 Å². The predicted molar refractivity (Wildman–Crippen MR) is 86.5 cm³/mol. The normalized spacial score (nSPS) is 24.1. The summed E-state index contributed by atoms with van der Waals surface area (Å²) >= 11 is 4.25. The molecule has 1 aromatic heterocycles. The lowest BCUT2D eigenvalue weighted by atomic mass is 10.1. The molecule has 1 heterocycles. The quantitative estimate of drug-likeness (QED) is 0.806. The zero-order chi connectivity index (χ0) is 16.0. The molecule has 0 bridgehead atoms. The number of thiophene rings is 1. The smallest absolute Gasteiger partial charge is 0.325 e. The Kier molecular flexibility index (Phi) is 3.88. The second-order valence-electron chi connectivity index (χ2n) is 5.11. The van der Waals surface area contributed by atoms with Gasteiger partial charge in [0.15, 0.2) is 0 Å². The van der Waals surface area contributed by atoms with Crippen LogP contribution in [-0.2, 0) is 14.8 Å². The highest BCUT2D eigenvalue weighted by Gasteiger charge is 2.63. The van der Waals surface area contributed by atoms with Crippen LogP contribution < -0.4 is 4.72 Å². The summed E-state index contributed by atoms with van der Waals surface area (Å²) in [6.45, 7) is 0. The molecular formula is C14H12BrNO4S2. The molecule has 1 fully saturated rings. The first-order valence-electron chi connectivity index (χ1n) is 6.43. The molecule has 2 atom stereocenters. The zero-order valence-electron chi connectivity index (χ0n) is 11.2. The van der Waals surface area contributed by atoms with Crippen LogP contribution >= 0.6 is 27.3 Å². The Morgan fingerprint density at radius 1 is 1.27 bits per heavy atom. The number of rotatable bonds is 5. The lowest BCUT2D eigenvalue weighted by Gasteiger charge is -2.14. The third-order valence-corrected chi connectivity index (χ3v) is 7.30. The molecule has 0 aliphatic heterocycles. The highest BCUT2D eigenvalue weighted by Crippen LogP contribution is 2.52. The number of carboxylic acids is 1. The molecule has 0 saturated heterocycles. The molecule has 8 heteroatoms. The van der Waals surface area contributed by atoms with Gasteiger partial charge in [0.1, 0.15) is 9.75 Å². The molecule has 22 heavy (non-hydrogen) atoms. The van der Waals surface area contributed by atoms with Crippen molar-refractivity contribution in [2.45, 2.75) is 22.1 Å². The van der Waals surface area contributed by atoms with Gasteiger partial charge in [0.05, 0.1) is 3.79 Å². The van der Waals surface area contributed by atoms with Gasteiger partial charge in [-0.3, -0.25) is 4.79 Å². The molecule has 0 amide bonds. The van der Waals surface area contributed by atoms with Crippen LogP contribution in [0.4, 0.5) is 0 Å². The molecule has 5 nitrogen and oxygen atoms in total. The lowest BCUT2D eigenvalue weighted by molar-refractivity contribution is -0.140. The maximum absolute atomic E-state index is 12.4. The van der Waals surface area contributed by atoms with Gasteiger partial charge in [-0.2, -0.15) is 4.72 Å². The molecule has 0 spiro atoms. The Morgan fingerprint density at radius 2 is 1.95 bits per heavy atom. The molecule has 2 aromatic rings. The molecule has 2 N–H and O–H groups in total. The van der Waals surface area contributed by atoms with E-state index in [0.29, 0.717) is 3.79 Å². The lowest BCUT2D eigenvalue weighted by Crippen LogP contribution is -2.44. The summed E-state index contributed by atoms with van der Waals surface area (Å²) in [7, 11) is -3.86. The number of hydrogen-bond donors (Lipinski definition) is 2. The fourth-order valence-electron chi connectivity index (χ4n) is 2.48. The SMILES string of the molecule is O=C(O)C1(NS(=O)(=O)c2ccc(Br)s2)CC1c1ccccc1. The van der Waals surface area contributed by atoms with Crippen molar-refractivity contribution < 1.29 is 18.3 Å². The third-order valence-electron chi connectivity index (χ3n) is 3.67.